The molecular formula is C18H15FN2O5. The van der Waals surface area contributed by atoms with Crippen molar-refractivity contribution in [2.45, 2.75) is 6.61 Å². The van der Waals surface area contributed by atoms with Gasteiger partial charge >= 0.3 is 11.9 Å². The topological polar surface area (TPSA) is 99.9 Å². The van der Waals surface area contributed by atoms with Gasteiger partial charge in [-0.2, -0.15) is 5.26 Å². The summed E-state index contributed by atoms with van der Waals surface area (Å²) in [6.07, 6.45) is 0. The Labute approximate surface area is 148 Å². The first-order chi connectivity index (χ1) is 12.5. The summed E-state index contributed by atoms with van der Waals surface area (Å²) < 4.78 is 17.8. The van der Waals surface area contributed by atoms with E-state index in [2.05, 4.69) is 4.94 Å². The standard InChI is InChI=1S/C18H15FN2O5/c19-26-18(24)11-21(10-17(22)23)15-8-14(9-20)6-7-16(15)25-12-13-4-2-1-3-5-13/h1-8H,10-12H2,(H,22,23). The SMILES string of the molecule is N#Cc1ccc(OCc2ccccc2)c(N(CC(=O)O)CC(=O)OF)c1. The number of nitriles is 1. The number of carboxylic acids is 1. The molecule has 0 saturated heterocycles. The summed E-state index contributed by atoms with van der Waals surface area (Å²) in [5.74, 6) is -2.25. The highest BCUT2D eigenvalue weighted by atomic mass is 19.3. The van der Waals surface area contributed by atoms with Crippen molar-refractivity contribution in [3.63, 3.8) is 0 Å². The van der Waals surface area contributed by atoms with Gasteiger partial charge in [0.05, 0.1) is 17.3 Å². The largest absolute Gasteiger partial charge is 0.487 e. The summed E-state index contributed by atoms with van der Waals surface area (Å²) >= 11 is 0. The third kappa shape index (κ3) is 5.21. The van der Waals surface area contributed by atoms with Crippen LogP contribution < -0.4 is 9.64 Å². The number of hydrogen-bond donors (Lipinski definition) is 1. The minimum atomic E-state index is -1.26. The molecule has 2 rings (SSSR count). The number of nitrogens with zero attached hydrogens (tertiary/aromatic N) is 2. The molecule has 0 radical (unpaired) electrons. The van der Waals surface area contributed by atoms with Crippen LogP contribution in [0.25, 0.3) is 0 Å². The van der Waals surface area contributed by atoms with Gasteiger partial charge in [0.1, 0.15) is 25.4 Å². The Morgan fingerprint density at radius 2 is 1.88 bits per heavy atom. The molecule has 0 aliphatic heterocycles. The van der Waals surface area contributed by atoms with E-state index in [0.29, 0.717) is 0 Å². The Morgan fingerprint density at radius 1 is 1.15 bits per heavy atom. The van der Waals surface area contributed by atoms with Crippen LogP contribution in [0, 0.1) is 11.3 Å². The second-order valence-corrected chi connectivity index (χ2v) is 5.27. The molecule has 134 valence electrons. The Balaban J connectivity index is 2.33. The van der Waals surface area contributed by atoms with Crippen LogP contribution >= 0.6 is 0 Å². The van der Waals surface area contributed by atoms with Crippen LogP contribution in [0.2, 0.25) is 0 Å². The summed E-state index contributed by atoms with van der Waals surface area (Å²) in [4.78, 5) is 26.6. The number of carboxylic acid groups (broad SMARTS) is 1. The molecule has 1 N–H and O–H groups in total. The van der Waals surface area contributed by atoms with Crippen molar-refractivity contribution >= 4 is 17.6 Å². The first-order valence-corrected chi connectivity index (χ1v) is 7.52. The average molecular weight is 358 g/mol. The van der Waals surface area contributed by atoms with E-state index in [0.717, 1.165) is 10.5 Å². The fourth-order valence-electron chi connectivity index (χ4n) is 2.26. The van der Waals surface area contributed by atoms with E-state index in [-0.39, 0.29) is 23.6 Å². The van der Waals surface area contributed by atoms with Gasteiger partial charge < -0.3 is 14.7 Å². The predicted octanol–water partition coefficient (Wildman–Crippen LogP) is 2.46. The first-order valence-electron chi connectivity index (χ1n) is 7.52. The molecule has 0 fully saturated rings. The van der Waals surface area contributed by atoms with Crippen LogP contribution in [0.4, 0.5) is 10.2 Å². The number of halogens is 1. The Hall–Kier alpha value is -3.60. The highest BCUT2D eigenvalue weighted by Crippen LogP contribution is 2.30. The summed E-state index contributed by atoms with van der Waals surface area (Å²) in [5.41, 5.74) is 1.28. The second kappa shape index (κ2) is 9.03. The molecule has 2 aromatic carbocycles. The molecule has 0 aliphatic carbocycles. The normalized spacial score (nSPS) is 9.85. The molecule has 0 aromatic heterocycles. The lowest BCUT2D eigenvalue weighted by Gasteiger charge is -2.23. The number of aliphatic carboxylic acids is 1. The minimum Gasteiger partial charge on any atom is -0.487 e. The Kier molecular flexibility index (Phi) is 6.51. The van der Waals surface area contributed by atoms with Gasteiger partial charge in [-0.05, 0) is 23.8 Å². The van der Waals surface area contributed by atoms with Crippen LogP contribution in [0.5, 0.6) is 5.75 Å². The third-order valence-electron chi connectivity index (χ3n) is 3.40. The van der Waals surface area contributed by atoms with E-state index in [1.165, 1.54) is 18.2 Å². The molecule has 0 atom stereocenters. The smallest absolute Gasteiger partial charge is 0.367 e. The molecule has 0 aliphatic rings. The third-order valence-corrected chi connectivity index (χ3v) is 3.40. The lowest BCUT2D eigenvalue weighted by Crippen LogP contribution is -2.35. The molecular weight excluding hydrogens is 343 g/mol. The Bertz CT molecular complexity index is 820. The van der Waals surface area contributed by atoms with E-state index in [1.807, 2.05) is 36.4 Å². The maximum Gasteiger partial charge on any atom is 0.367 e. The van der Waals surface area contributed by atoms with Crippen molar-refractivity contribution in [1.29, 1.82) is 5.26 Å². The van der Waals surface area contributed by atoms with E-state index >= 15 is 0 Å². The van der Waals surface area contributed by atoms with Gasteiger partial charge in [-0.3, -0.25) is 9.74 Å². The van der Waals surface area contributed by atoms with Gasteiger partial charge in [-0.25, -0.2) is 4.79 Å². The number of ether oxygens (including phenoxy) is 1. The molecule has 7 nitrogen and oxygen atoms in total. The van der Waals surface area contributed by atoms with Crippen LogP contribution in [-0.2, 0) is 21.1 Å². The van der Waals surface area contributed by atoms with Gasteiger partial charge in [0.2, 0.25) is 0 Å². The highest BCUT2D eigenvalue weighted by Gasteiger charge is 2.20. The zero-order chi connectivity index (χ0) is 18.9. The molecule has 0 unspecified atom stereocenters. The van der Waals surface area contributed by atoms with Gasteiger partial charge in [0.25, 0.3) is 0 Å². The van der Waals surface area contributed by atoms with E-state index in [4.69, 9.17) is 15.1 Å². The number of rotatable bonds is 8. The van der Waals surface area contributed by atoms with Gasteiger partial charge in [0, 0.05) is 4.53 Å². The molecule has 0 saturated carbocycles. The molecule has 8 heteroatoms. The van der Waals surface area contributed by atoms with Crippen LogP contribution in [0.1, 0.15) is 11.1 Å². The number of hydrogen-bond acceptors (Lipinski definition) is 6. The van der Waals surface area contributed by atoms with Gasteiger partial charge in [-0.1, -0.05) is 30.3 Å². The first kappa shape index (κ1) is 18.7. The number of anilines is 1. The maximum absolute atomic E-state index is 12.1. The number of carbonyl (C=O) groups is 2. The van der Waals surface area contributed by atoms with Gasteiger partial charge in [-0.15, -0.1) is 0 Å². The van der Waals surface area contributed by atoms with Crippen molar-refractivity contribution in [3.8, 4) is 11.8 Å². The summed E-state index contributed by atoms with van der Waals surface area (Å²) in [6, 6.07) is 15.5. The van der Waals surface area contributed by atoms with Gasteiger partial charge in [0.15, 0.2) is 0 Å². The van der Waals surface area contributed by atoms with Crippen molar-refractivity contribution in [1.82, 2.24) is 0 Å². The van der Waals surface area contributed by atoms with Crippen LogP contribution in [-0.4, -0.2) is 30.1 Å². The molecule has 0 bridgehead atoms. The lowest BCUT2D eigenvalue weighted by molar-refractivity contribution is -0.181. The zero-order valence-corrected chi connectivity index (χ0v) is 13.6. The van der Waals surface area contributed by atoms with Crippen LogP contribution in [0.15, 0.2) is 48.5 Å². The number of benzene rings is 2. The van der Waals surface area contributed by atoms with E-state index < -0.39 is 25.0 Å². The van der Waals surface area contributed by atoms with Crippen molar-refractivity contribution < 1.29 is 28.9 Å². The minimum absolute atomic E-state index is 0.174. The fourth-order valence-corrected chi connectivity index (χ4v) is 2.26. The summed E-state index contributed by atoms with van der Waals surface area (Å²) in [7, 11) is 0. The lowest BCUT2D eigenvalue weighted by atomic mass is 10.1. The van der Waals surface area contributed by atoms with E-state index in [9.17, 15) is 14.1 Å². The van der Waals surface area contributed by atoms with Crippen LogP contribution in [0.3, 0.4) is 0 Å². The highest BCUT2D eigenvalue weighted by molar-refractivity contribution is 5.82. The monoisotopic (exact) mass is 358 g/mol. The van der Waals surface area contributed by atoms with Crippen molar-refractivity contribution in [2.24, 2.45) is 0 Å². The van der Waals surface area contributed by atoms with E-state index in [1.54, 1.807) is 0 Å². The fraction of sp³-hybridized carbons (Fsp3) is 0.167. The maximum atomic E-state index is 12.1. The predicted molar refractivity (Wildman–Crippen MR) is 89.0 cm³/mol. The molecule has 0 amide bonds. The molecule has 2 aromatic rings. The summed E-state index contributed by atoms with van der Waals surface area (Å²) in [6.45, 7) is -1.07. The molecule has 26 heavy (non-hydrogen) atoms. The van der Waals surface area contributed by atoms with Crippen molar-refractivity contribution in [3.05, 3.63) is 59.7 Å². The quantitative estimate of drug-likeness (QED) is 0.773. The Morgan fingerprint density at radius 3 is 2.50 bits per heavy atom. The average Bonchev–Trinajstić information content (AvgIpc) is 2.66. The zero-order valence-electron chi connectivity index (χ0n) is 13.6. The summed E-state index contributed by atoms with van der Waals surface area (Å²) in [5, 5.41) is 18.1. The molecule has 0 spiro atoms. The van der Waals surface area contributed by atoms with Crippen molar-refractivity contribution in [2.75, 3.05) is 18.0 Å². The molecule has 0 heterocycles. The number of carbonyl (C=O) groups excluding carboxylic acids is 1. The second-order valence-electron chi connectivity index (χ2n) is 5.27.